The van der Waals surface area contributed by atoms with Crippen molar-refractivity contribution in [2.45, 2.75) is 18.9 Å². The first kappa shape index (κ1) is 19.6. The Bertz CT molecular complexity index is 788. The summed E-state index contributed by atoms with van der Waals surface area (Å²) in [4.78, 5) is 4.29. The Balaban J connectivity index is 0.00000210. The number of hydrogen-bond acceptors (Lipinski definition) is 4. The molecule has 2 N–H and O–H groups in total. The molecule has 0 fully saturated rings. The molecule has 6 nitrogen and oxygen atoms in total. The predicted octanol–water partition coefficient (Wildman–Crippen LogP) is 3.46. The van der Waals surface area contributed by atoms with Crippen molar-refractivity contribution in [3.05, 3.63) is 48.0 Å². The maximum Gasteiger partial charge on any atom is 0.195 e. The van der Waals surface area contributed by atoms with Gasteiger partial charge in [0, 0.05) is 31.6 Å². The van der Waals surface area contributed by atoms with Crippen LogP contribution in [-0.4, -0.2) is 38.9 Å². The second-order valence-corrected chi connectivity index (χ2v) is 6.34. The van der Waals surface area contributed by atoms with Gasteiger partial charge < -0.3 is 24.8 Å². The largest absolute Gasteiger partial charge is 0.490 e. The van der Waals surface area contributed by atoms with Gasteiger partial charge in [-0.15, -0.1) is 24.0 Å². The molecule has 4 rings (SSSR count). The van der Waals surface area contributed by atoms with Crippen molar-refractivity contribution in [1.29, 1.82) is 0 Å². The van der Waals surface area contributed by atoms with E-state index in [0.717, 1.165) is 35.8 Å². The molecule has 7 heteroatoms. The fraction of sp³-hybridized carbons (Fsp3) is 0.350. The summed E-state index contributed by atoms with van der Waals surface area (Å²) >= 11 is 0. The average Bonchev–Trinajstić information content (AvgIpc) is 2.94. The van der Waals surface area contributed by atoms with Gasteiger partial charge in [0.2, 0.25) is 0 Å². The van der Waals surface area contributed by atoms with Gasteiger partial charge in [0.05, 0.1) is 19.8 Å². The number of rotatable bonds is 3. The minimum absolute atomic E-state index is 0. The highest BCUT2D eigenvalue weighted by atomic mass is 127. The molecule has 0 radical (unpaired) electrons. The number of nitrogens with one attached hydrogen (secondary N) is 2. The number of halogens is 1. The molecule has 0 aromatic heterocycles. The lowest BCUT2D eigenvalue weighted by Gasteiger charge is -2.16. The topological polar surface area (TPSA) is 64.1 Å². The lowest BCUT2D eigenvalue weighted by molar-refractivity contribution is 0.235. The first-order valence-electron chi connectivity index (χ1n) is 8.94. The number of guanidine groups is 1. The number of ether oxygens (including phenoxy) is 3. The smallest absolute Gasteiger partial charge is 0.195 e. The standard InChI is InChI=1S/C20H23N3O3.HI/c1-21-20(22-13-16-11-14-5-2-3-6-17(14)26-16)23-15-7-8-18-19(12-15)25-10-4-9-24-18;/h2-3,5-8,12,16H,4,9-11,13H2,1H3,(H2,21,22,23);1H. The summed E-state index contributed by atoms with van der Waals surface area (Å²) in [6, 6.07) is 14.0. The second kappa shape index (κ2) is 9.16. The molecule has 144 valence electrons. The number of fused-ring (bicyclic) bond motifs is 2. The van der Waals surface area contributed by atoms with Gasteiger partial charge in [0.25, 0.3) is 0 Å². The molecule has 0 saturated carbocycles. The summed E-state index contributed by atoms with van der Waals surface area (Å²) < 4.78 is 17.4. The zero-order valence-corrected chi connectivity index (χ0v) is 17.6. The minimum atomic E-state index is 0. The van der Waals surface area contributed by atoms with Crippen LogP contribution in [0.5, 0.6) is 17.2 Å². The van der Waals surface area contributed by atoms with Crippen LogP contribution in [-0.2, 0) is 6.42 Å². The van der Waals surface area contributed by atoms with Gasteiger partial charge in [0.15, 0.2) is 17.5 Å². The molecule has 2 aromatic carbocycles. The number of nitrogens with zero attached hydrogens (tertiary/aromatic N) is 1. The maximum absolute atomic E-state index is 5.96. The minimum Gasteiger partial charge on any atom is -0.490 e. The summed E-state index contributed by atoms with van der Waals surface area (Å²) in [6.45, 7) is 2.04. The Labute approximate surface area is 176 Å². The van der Waals surface area contributed by atoms with E-state index < -0.39 is 0 Å². The highest BCUT2D eigenvalue weighted by molar-refractivity contribution is 14.0. The summed E-state index contributed by atoms with van der Waals surface area (Å²) in [6.07, 6.45) is 1.91. The van der Waals surface area contributed by atoms with E-state index in [1.165, 1.54) is 5.56 Å². The first-order chi connectivity index (χ1) is 12.8. The SMILES string of the molecule is CN=C(NCC1Cc2ccccc2O1)Nc1ccc2c(c1)OCCCO2.I. The third-order valence-corrected chi connectivity index (χ3v) is 4.44. The van der Waals surface area contributed by atoms with Crippen molar-refractivity contribution >= 4 is 35.6 Å². The number of benzene rings is 2. The fourth-order valence-electron chi connectivity index (χ4n) is 3.14. The van der Waals surface area contributed by atoms with E-state index in [0.29, 0.717) is 25.7 Å². The quantitative estimate of drug-likeness (QED) is 0.400. The lowest BCUT2D eigenvalue weighted by atomic mass is 10.1. The molecule has 2 aromatic rings. The molecule has 1 atom stereocenters. The third-order valence-electron chi connectivity index (χ3n) is 4.44. The van der Waals surface area contributed by atoms with Crippen LogP contribution in [0, 0.1) is 0 Å². The summed E-state index contributed by atoms with van der Waals surface area (Å²) in [7, 11) is 1.75. The van der Waals surface area contributed by atoms with Crippen molar-refractivity contribution in [3.63, 3.8) is 0 Å². The van der Waals surface area contributed by atoms with Crippen LogP contribution in [0.2, 0.25) is 0 Å². The Kier molecular flexibility index (Phi) is 6.65. The maximum atomic E-state index is 5.96. The van der Waals surface area contributed by atoms with Gasteiger partial charge in [-0.25, -0.2) is 0 Å². The van der Waals surface area contributed by atoms with E-state index in [4.69, 9.17) is 14.2 Å². The molecule has 0 aliphatic carbocycles. The van der Waals surface area contributed by atoms with E-state index in [1.54, 1.807) is 7.05 Å². The molecule has 2 heterocycles. The van der Waals surface area contributed by atoms with Gasteiger partial charge in [-0.1, -0.05) is 18.2 Å². The third kappa shape index (κ3) is 4.77. The monoisotopic (exact) mass is 481 g/mol. The highest BCUT2D eigenvalue weighted by Gasteiger charge is 2.22. The summed E-state index contributed by atoms with van der Waals surface area (Å²) in [5, 5.41) is 6.62. The predicted molar refractivity (Wildman–Crippen MR) is 117 cm³/mol. The van der Waals surface area contributed by atoms with Crippen molar-refractivity contribution < 1.29 is 14.2 Å². The van der Waals surface area contributed by atoms with Crippen LogP contribution >= 0.6 is 24.0 Å². The molecule has 2 aliphatic heterocycles. The van der Waals surface area contributed by atoms with Crippen LogP contribution in [0.3, 0.4) is 0 Å². The van der Waals surface area contributed by atoms with Crippen molar-refractivity contribution in [1.82, 2.24) is 5.32 Å². The van der Waals surface area contributed by atoms with Gasteiger partial charge in [-0.2, -0.15) is 0 Å². The Morgan fingerprint density at radius 3 is 2.70 bits per heavy atom. The molecule has 0 spiro atoms. The van der Waals surface area contributed by atoms with E-state index >= 15 is 0 Å². The summed E-state index contributed by atoms with van der Waals surface area (Å²) in [5.74, 6) is 3.22. The van der Waals surface area contributed by atoms with E-state index in [2.05, 4.69) is 21.7 Å². The van der Waals surface area contributed by atoms with Crippen molar-refractivity contribution in [3.8, 4) is 17.2 Å². The van der Waals surface area contributed by atoms with E-state index in [9.17, 15) is 0 Å². The molecule has 1 unspecified atom stereocenters. The molecule has 2 aliphatic rings. The zero-order chi connectivity index (χ0) is 17.8. The first-order valence-corrected chi connectivity index (χ1v) is 8.94. The number of anilines is 1. The van der Waals surface area contributed by atoms with Gasteiger partial charge in [0.1, 0.15) is 11.9 Å². The molecule has 0 saturated heterocycles. The molecular formula is C20H24IN3O3. The number of aliphatic imine (C=N–C) groups is 1. The number of para-hydroxylation sites is 1. The Morgan fingerprint density at radius 1 is 1.07 bits per heavy atom. The Hall–Kier alpha value is -2.16. The van der Waals surface area contributed by atoms with E-state index in [1.807, 2.05) is 36.4 Å². The van der Waals surface area contributed by atoms with Crippen LogP contribution in [0.4, 0.5) is 5.69 Å². The molecular weight excluding hydrogens is 457 g/mol. The number of hydrogen-bond donors (Lipinski definition) is 2. The highest BCUT2D eigenvalue weighted by Crippen LogP contribution is 2.32. The normalized spacial score (nSPS) is 17.8. The second-order valence-electron chi connectivity index (χ2n) is 6.34. The average molecular weight is 481 g/mol. The lowest BCUT2D eigenvalue weighted by Crippen LogP contribution is -2.38. The van der Waals surface area contributed by atoms with E-state index in [-0.39, 0.29) is 30.1 Å². The van der Waals surface area contributed by atoms with Gasteiger partial charge in [-0.05, 0) is 23.8 Å². The zero-order valence-electron chi connectivity index (χ0n) is 15.2. The van der Waals surface area contributed by atoms with Crippen molar-refractivity contribution in [2.24, 2.45) is 4.99 Å². The summed E-state index contributed by atoms with van der Waals surface area (Å²) in [5.41, 5.74) is 2.16. The molecule has 0 amide bonds. The Morgan fingerprint density at radius 2 is 1.89 bits per heavy atom. The van der Waals surface area contributed by atoms with Gasteiger partial charge >= 0.3 is 0 Å². The van der Waals surface area contributed by atoms with Crippen LogP contribution < -0.4 is 24.8 Å². The van der Waals surface area contributed by atoms with Crippen LogP contribution in [0.15, 0.2) is 47.5 Å². The molecule has 27 heavy (non-hydrogen) atoms. The van der Waals surface area contributed by atoms with Crippen LogP contribution in [0.1, 0.15) is 12.0 Å². The molecule has 0 bridgehead atoms. The van der Waals surface area contributed by atoms with Crippen molar-refractivity contribution in [2.75, 3.05) is 32.1 Å². The van der Waals surface area contributed by atoms with Gasteiger partial charge in [-0.3, -0.25) is 4.99 Å². The fourth-order valence-corrected chi connectivity index (χ4v) is 3.14. The van der Waals surface area contributed by atoms with Crippen LogP contribution in [0.25, 0.3) is 0 Å².